The molecule has 5 rings (SSSR count). The number of anilines is 1. The number of carbonyl (C=O) groups is 2. The predicted octanol–water partition coefficient (Wildman–Crippen LogP) is 2.11. The second kappa shape index (κ2) is 5.83. The van der Waals surface area contributed by atoms with Gasteiger partial charge in [-0.1, -0.05) is 0 Å². The van der Waals surface area contributed by atoms with Crippen molar-refractivity contribution in [2.24, 2.45) is 0 Å². The van der Waals surface area contributed by atoms with E-state index in [0.29, 0.717) is 31.3 Å². The van der Waals surface area contributed by atoms with Crippen LogP contribution in [0.5, 0.6) is 0 Å². The summed E-state index contributed by atoms with van der Waals surface area (Å²) in [7, 11) is 0. The first-order chi connectivity index (χ1) is 13.1. The molecule has 1 aliphatic heterocycles. The van der Waals surface area contributed by atoms with E-state index in [1.54, 1.807) is 4.90 Å². The maximum atomic E-state index is 12.1. The van der Waals surface area contributed by atoms with Crippen LogP contribution in [-0.2, 0) is 11.3 Å². The number of cyclic esters (lactones) is 1. The minimum Gasteiger partial charge on any atom is -0.478 e. The van der Waals surface area contributed by atoms with Gasteiger partial charge in [0, 0.05) is 18.6 Å². The quantitative estimate of drug-likeness (QED) is 0.741. The lowest BCUT2D eigenvalue weighted by atomic mass is 10.1. The number of hydrogen-bond acceptors (Lipinski definition) is 5. The number of pyridine rings is 1. The highest BCUT2D eigenvalue weighted by atomic mass is 16.6. The molecule has 1 aliphatic carbocycles. The largest absolute Gasteiger partial charge is 0.478 e. The van der Waals surface area contributed by atoms with Gasteiger partial charge in [-0.05, 0) is 30.4 Å². The van der Waals surface area contributed by atoms with E-state index >= 15 is 0 Å². The zero-order valence-corrected chi connectivity index (χ0v) is 14.4. The number of rotatable bonds is 5. The van der Waals surface area contributed by atoms with Crippen LogP contribution in [0.2, 0.25) is 0 Å². The molecule has 1 saturated heterocycles. The van der Waals surface area contributed by atoms with Gasteiger partial charge in [0.05, 0.1) is 36.2 Å². The maximum Gasteiger partial charge on any atom is 0.414 e. The molecule has 0 atom stereocenters. The third kappa shape index (κ3) is 2.80. The summed E-state index contributed by atoms with van der Waals surface area (Å²) in [5, 5.41) is 13.1. The molecule has 2 aliphatic rings. The van der Waals surface area contributed by atoms with Gasteiger partial charge in [0.1, 0.15) is 6.61 Å². The molecule has 9 nitrogen and oxygen atoms in total. The van der Waals surface area contributed by atoms with Crippen molar-refractivity contribution in [2.45, 2.75) is 25.3 Å². The van der Waals surface area contributed by atoms with Crippen LogP contribution in [0.25, 0.3) is 5.65 Å². The zero-order chi connectivity index (χ0) is 18.5. The molecule has 138 valence electrons. The molecule has 1 amide bonds. The van der Waals surface area contributed by atoms with Gasteiger partial charge in [0.15, 0.2) is 5.65 Å². The van der Waals surface area contributed by atoms with Gasteiger partial charge in [0.25, 0.3) is 0 Å². The van der Waals surface area contributed by atoms with Crippen molar-refractivity contribution in [3.8, 4) is 0 Å². The maximum absolute atomic E-state index is 12.1. The molecule has 0 aromatic carbocycles. The molecule has 3 aromatic rings. The summed E-state index contributed by atoms with van der Waals surface area (Å²) in [5.74, 6) is -0.484. The van der Waals surface area contributed by atoms with Crippen molar-refractivity contribution < 1.29 is 19.4 Å². The lowest BCUT2D eigenvalue weighted by molar-refractivity contribution is 0.0696. The van der Waals surface area contributed by atoms with E-state index in [9.17, 15) is 9.59 Å². The Morgan fingerprint density at radius 2 is 2.15 bits per heavy atom. The van der Waals surface area contributed by atoms with Crippen LogP contribution in [0.3, 0.4) is 0 Å². The molecule has 0 spiro atoms. The number of amides is 1. The normalized spacial score (nSPS) is 16.9. The fourth-order valence-electron chi connectivity index (χ4n) is 3.41. The monoisotopic (exact) mass is 367 g/mol. The van der Waals surface area contributed by atoms with E-state index in [4.69, 9.17) is 9.84 Å². The Hall–Kier alpha value is -3.36. The zero-order valence-electron chi connectivity index (χ0n) is 14.4. The Morgan fingerprint density at radius 3 is 2.81 bits per heavy atom. The Morgan fingerprint density at radius 1 is 1.30 bits per heavy atom. The fraction of sp³-hybridized carbons (Fsp3) is 0.333. The van der Waals surface area contributed by atoms with Crippen LogP contribution in [0.4, 0.5) is 10.5 Å². The Labute approximate surface area is 153 Å². The summed E-state index contributed by atoms with van der Waals surface area (Å²) in [5.41, 5.74) is 3.49. The lowest BCUT2D eigenvalue weighted by Crippen LogP contribution is -2.24. The molecule has 3 aromatic heterocycles. The summed E-state index contributed by atoms with van der Waals surface area (Å²) in [4.78, 5) is 29.4. The number of nitrogens with zero attached hydrogens (tertiary/aromatic N) is 5. The van der Waals surface area contributed by atoms with Crippen molar-refractivity contribution in [2.75, 3.05) is 18.1 Å². The summed E-state index contributed by atoms with van der Waals surface area (Å²) >= 11 is 0. The van der Waals surface area contributed by atoms with Gasteiger partial charge in [-0.2, -0.15) is 5.10 Å². The van der Waals surface area contributed by atoms with Crippen molar-refractivity contribution >= 4 is 23.4 Å². The average Bonchev–Trinajstić information content (AvgIpc) is 3.03. The van der Waals surface area contributed by atoms with Crippen LogP contribution in [0.1, 0.15) is 40.4 Å². The van der Waals surface area contributed by atoms with Gasteiger partial charge >= 0.3 is 12.1 Å². The van der Waals surface area contributed by atoms with Crippen LogP contribution in [-0.4, -0.2) is 49.5 Å². The number of aromatic nitrogens is 4. The van der Waals surface area contributed by atoms with Crippen molar-refractivity contribution in [3.05, 3.63) is 47.7 Å². The van der Waals surface area contributed by atoms with E-state index in [1.165, 1.54) is 22.6 Å². The molecular weight excluding hydrogens is 350 g/mol. The van der Waals surface area contributed by atoms with Gasteiger partial charge in [-0.3, -0.25) is 9.58 Å². The second-order valence-electron chi connectivity index (χ2n) is 6.89. The molecule has 1 saturated carbocycles. The molecule has 0 unspecified atom stereocenters. The molecule has 27 heavy (non-hydrogen) atoms. The van der Waals surface area contributed by atoms with Crippen LogP contribution >= 0.6 is 0 Å². The van der Waals surface area contributed by atoms with Gasteiger partial charge in [0.2, 0.25) is 0 Å². The molecule has 1 N–H and O–H groups in total. The molecule has 0 radical (unpaired) electrons. The molecular formula is C18H17N5O4. The number of carbonyl (C=O) groups excluding carboxylic acids is 1. The minimum absolute atomic E-state index is 0.135. The predicted molar refractivity (Wildman–Crippen MR) is 94.1 cm³/mol. The molecule has 4 heterocycles. The van der Waals surface area contributed by atoms with Gasteiger partial charge in [-0.25, -0.2) is 14.6 Å². The standard InChI is InChI=1S/C18H17N5O4/c24-17(25)13-6-19-22(8-13)10-14-9-21-7-12(11-1-2-11)5-15(16(21)20-14)23-3-4-27-18(23)26/h5-9,11H,1-4,10H2,(H,24,25). The average molecular weight is 367 g/mol. The SMILES string of the molecule is O=C(O)c1cnn(Cc2cn3cc(C4CC4)cc(N4CCOC4=O)c3n2)c1. The summed E-state index contributed by atoms with van der Waals surface area (Å²) in [6.45, 7) is 1.22. The Balaban J connectivity index is 1.54. The summed E-state index contributed by atoms with van der Waals surface area (Å²) in [6.07, 6.45) is 8.70. The molecule has 2 fully saturated rings. The Kier molecular flexibility index (Phi) is 3.43. The van der Waals surface area contributed by atoms with Crippen LogP contribution in [0.15, 0.2) is 30.9 Å². The van der Waals surface area contributed by atoms with E-state index in [0.717, 1.165) is 24.2 Å². The number of fused-ring (bicyclic) bond motifs is 1. The summed E-state index contributed by atoms with van der Waals surface area (Å²) in [6, 6.07) is 2.03. The lowest BCUT2D eigenvalue weighted by Gasteiger charge is -2.15. The topological polar surface area (TPSA) is 102 Å². The number of aromatic carboxylic acids is 1. The molecule has 9 heteroatoms. The number of imidazole rings is 1. The van der Waals surface area contributed by atoms with E-state index in [-0.39, 0.29) is 11.7 Å². The highest BCUT2D eigenvalue weighted by Gasteiger charge is 2.30. The highest BCUT2D eigenvalue weighted by molar-refractivity contribution is 5.94. The van der Waals surface area contributed by atoms with Crippen LogP contribution < -0.4 is 4.90 Å². The van der Waals surface area contributed by atoms with E-state index in [1.807, 2.05) is 16.7 Å². The third-order valence-corrected chi connectivity index (χ3v) is 4.91. The van der Waals surface area contributed by atoms with E-state index in [2.05, 4.69) is 16.3 Å². The van der Waals surface area contributed by atoms with Crippen molar-refractivity contribution in [3.63, 3.8) is 0 Å². The first-order valence-electron chi connectivity index (χ1n) is 8.80. The minimum atomic E-state index is -1.01. The first kappa shape index (κ1) is 15.9. The van der Waals surface area contributed by atoms with Crippen molar-refractivity contribution in [1.29, 1.82) is 0 Å². The fourth-order valence-corrected chi connectivity index (χ4v) is 3.41. The molecule has 0 bridgehead atoms. The highest BCUT2D eigenvalue weighted by Crippen LogP contribution is 2.42. The number of ether oxygens (including phenoxy) is 1. The van der Waals surface area contributed by atoms with Gasteiger partial charge in [-0.15, -0.1) is 0 Å². The summed E-state index contributed by atoms with van der Waals surface area (Å²) < 4.78 is 8.57. The van der Waals surface area contributed by atoms with Crippen LogP contribution in [0, 0.1) is 0 Å². The smallest absolute Gasteiger partial charge is 0.414 e. The number of carboxylic acid groups (broad SMARTS) is 1. The number of hydrogen-bond donors (Lipinski definition) is 1. The third-order valence-electron chi connectivity index (χ3n) is 4.91. The van der Waals surface area contributed by atoms with Crippen molar-refractivity contribution in [1.82, 2.24) is 19.2 Å². The van der Waals surface area contributed by atoms with Gasteiger partial charge < -0.3 is 14.2 Å². The van der Waals surface area contributed by atoms with E-state index < -0.39 is 5.97 Å². The second-order valence-corrected chi connectivity index (χ2v) is 6.89. The number of carboxylic acids is 1. The Bertz CT molecular complexity index is 1070. The first-order valence-corrected chi connectivity index (χ1v) is 8.80.